The molecule has 4 nitrogen and oxygen atoms in total. The second-order valence-electron chi connectivity index (χ2n) is 19.9. The largest absolute Gasteiger partial charge is 0.507 e. The van der Waals surface area contributed by atoms with Crippen LogP contribution < -0.4 is 0 Å². The molecule has 0 aliphatic carbocycles. The van der Waals surface area contributed by atoms with Gasteiger partial charge in [-0.3, -0.25) is 9.55 Å². The van der Waals surface area contributed by atoms with Gasteiger partial charge in [0.25, 0.3) is 0 Å². The Balaban J connectivity index is 1.38. The van der Waals surface area contributed by atoms with Crippen LogP contribution in [0.1, 0.15) is 118 Å². The van der Waals surface area contributed by atoms with Gasteiger partial charge in [-0.15, -0.1) is 0 Å². The first kappa shape index (κ1) is 34.3. The van der Waals surface area contributed by atoms with Crippen LogP contribution in [0.15, 0.2) is 170 Å². The van der Waals surface area contributed by atoms with Gasteiger partial charge in [-0.25, -0.2) is 4.98 Å². The van der Waals surface area contributed by atoms with Crippen molar-refractivity contribution in [1.82, 2.24) is 14.5 Å². The van der Waals surface area contributed by atoms with Gasteiger partial charge in [-0.05, 0) is 127 Å². The quantitative estimate of drug-likeness (QED) is 0.165. The molecule has 67 heavy (non-hydrogen) atoms. The maximum absolute atomic E-state index is 12.7. The summed E-state index contributed by atoms with van der Waals surface area (Å²) in [5.74, 6) is -0.382. The Bertz CT molecular complexity index is 3610. The van der Waals surface area contributed by atoms with Crippen LogP contribution in [-0.4, -0.2) is 19.6 Å². The van der Waals surface area contributed by atoms with E-state index in [1.54, 1.807) is 36.5 Å². The van der Waals surface area contributed by atoms with E-state index < -0.39 is 42.8 Å². The van der Waals surface area contributed by atoms with E-state index >= 15 is 0 Å². The minimum atomic E-state index is -3.50. The standard InChI is InChI=1S/C63H63N3O/c1-40(2)41-25-27-43(28-26-41)45-31-32-64-55(36-45)48-34-46(42-19-14-12-15-20-42)33-47(35-48)51-23-18-24-57-58(51)65-60(53-38-50(62(6,7)8)39-54(59(53)67)63(9,10)11)66(57)56-30-29-49(61(3,4)5)37-52(56)44-21-16-13-17-22-44/h12-40,67H,1-11H3/i3D3,4D3,5D3,40D. The molecular formula is C63H63N3O. The molecule has 0 spiro atoms. The van der Waals surface area contributed by atoms with Crippen molar-refractivity contribution in [3.8, 4) is 78.6 Å². The second-order valence-corrected chi connectivity index (χ2v) is 19.9. The SMILES string of the molecule is [2H]C(C)(C)c1ccc(-c2ccnc(-c3cc(-c4ccccc4)cc(-c4cccc5c4nc(-c4cc(C(C)(C)C)cc(C(C)(C)C)c4O)n5-c4ccc(C(C([2H])([2H])[2H])(C([2H])([2H])[2H])C([2H])([2H])[2H])cc4-c4ccccc4)c3)c2)cc1. The number of pyridine rings is 1. The zero-order valence-corrected chi connectivity index (χ0v) is 39.5. The molecule has 0 amide bonds. The van der Waals surface area contributed by atoms with Crippen molar-refractivity contribution in [1.29, 1.82) is 0 Å². The summed E-state index contributed by atoms with van der Waals surface area (Å²) in [4.78, 5) is 10.5. The van der Waals surface area contributed by atoms with Gasteiger partial charge < -0.3 is 5.11 Å². The molecule has 7 aromatic carbocycles. The van der Waals surface area contributed by atoms with E-state index in [1.807, 2.05) is 124 Å². The lowest BCUT2D eigenvalue weighted by atomic mass is 9.79. The van der Waals surface area contributed by atoms with Crippen LogP contribution in [0.2, 0.25) is 0 Å². The average molecular weight is 888 g/mol. The minimum absolute atomic E-state index is 0.0186. The van der Waals surface area contributed by atoms with Crippen LogP contribution in [0.5, 0.6) is 5.75 Å². The lowest BCUT2D eigenvalue weighted by molar-refractivity contribution is 0.446. The number of phenolic OH excluding ortho intramolecular Hbond substituents is 1. The first-order valence-corrected chi connectivity index (χ1v) is 22.8. The average Bonchev–Trinajstić information content (AvgIpc) is 3.78. The molecule has 0 bridgehead atoms. The number of nitrogens with zero attached hydrogens (tertiary/aromatic N) is 3. The Morgan fingerprint density at radius 3 is 1.82 bits per heavy atom. The minimum Gasteiger partial charge on any atom is -0.507 e. The van der Waals surface area contributed by atoms with Gasteiger partial charge in [0, 0.05) is 42.2 Å². The molecule has 9 rings (SSSR count). The molecule has 0 aliphatic rings. The van der Waals surface area contributed by atoms with E-state index in [4.69, 9.17) is 23.7 Å². The third-order valence-electron chi connectivity index (χ3n) is 12.7. The van der Waals surface area contributed by atoms with E-state index in [0.29, 0.717) is 44.8 Å². The Morgan fingerprint density at radius 2 is 1.16 bits per heavy atom. The molecule has 0 radical (unpaired) electrons. The fraction of sp³-hybridized carbons (Fsp3) is 0.238. The third-order valence-corrected chi connectivity index (χ3v) is 12.7. The van der Waals surface area contributed by atoms with E-state index in [2.05, 4.69) is 57.2 Å². The van der Waals surface area contributed by atoms with Gasteiger partial charge in [0.2, 0.25) is 0 Å². The molecule has 4 heteroatoms. The number of rotatable bonds is 8. The van der Waals surface area contributed by atoms with Crippen molar-refractivity contribution in [2.75, 3.05) is 0 Å². The fourth-order valence-electron chi connectivity index (χ4n) is 8.87. The highest BCUT2D eigenvalue weighted by atomic mass is 16.3. The lowest BCUT2D eigenvalue weighted by Crippen LogP contribution is -2.17. The number of hydrogen-bond acceptors (Lipinski definition) is 3. The molecule has 0 saturated carbocycles. The number of aromatic hydroxyl groups is 1. The van der Waals surface area contributed by atoms with E-state index in [9.17, 15) is 5.11 Å². The van der Waals surface area contributed by atoms with Gasteiger partial charge in [0.05, 0.1) is 28.0 Å². The summed E-state index contributed by atoms with van der Waals surface area (Å²) in [7, 11) is 0. The Labute approximate surface area is 412 Å². The molecule has 9 aromatic rings. The summed E-state index contributed by atoms with van der Waals surface area (Å²) in [5, 5.41) is 12.7. The fourth-order valence-corrected chi connectivity index (χ4v) is 8.87. The predicted molar refractivity (Wildman–Crippen MR) is 283 cm³/mol. The van der Waals surface area contributed by atoms with Crippen LogP contribution >= 0.6 is 0 Å². The molecule has 2 aromatic heterocycles. The predicted octanol–water partition coefficient (Wildman–Crippen LogP) is 17.1. The van der Waals surface area contributed by atoms with Crippen molar-refractivity contribution in [3.63, 3.8) is 0 Å². The van der Waals surface area contributed by atoms with Gasteiger partial charge in [0.15, 0.2) is 0 Å². The normalized spacial score (nSPS) is 15.2. The third kappa shape index (κ3) is 8.98. The number of phenols is 1. The van der Waals surface area contributed by atoms with E-state index in [0.717, 1.165) is 55.8 Å². The molecule has 1 N–H and O–H groups in total. The Kier molecular flexibility index (Phi) is 8.86. The summed E-state index contributed by atoms with van der Waals surface area (Å²) in [6.45, 7) is 5.66. The Morgan fingerprint density at radius 1 is 0.522 bits per heavy atom. The molecule has 0 saturated heterocycles. The topological polar surface area (TPSA) is 50.9 Å². The van der Waals surface area contributed by atoms with Gasteiger partial charge in [-0.2, -0.15) is 0 Å². The van der Waals surface area contributed by atoms with Crippen molar-refractivity contribution in [3.05, 3.63) is 192 Å². The summed E-state index contributed by atoms with van der Waals surface area (Å²) in [6, 6.07) is 51.6. The van der Waals surface area contributed by atoms with E-state index in [-0.39, 0.29) is 11.2 Å². The summed E-state index contributed by atoms with van der Waals surface area (Å²) in [6.07, 6.45) is 1.80. The molecule has 0 aliphatic heterocycles. The second kappa shape index (κ2) is 17.3. The molecule has 0 fully saturated rings. The number of benzene rings is 7. The molecule has 2 heterocycles. The Hall–Kier alpha value is -7.04. The van der Waals surface area contributed by atoms with Crippen molar-refractivity contribution in [2.45, 2.75) is 98.1 Å². The van der Waals surface area contributed by atoms with Crippen LogP contribution in [-0.2, 0) is 16.2 Å². The number of imidazole rings is 1. The number of para-hydroxylation sites is 1. The zero-order chi connectivity index (χ0) is 55.8. The lowest BCUT2D eigenvalue weighted by Gasteiger charge is -2.28. The summed E-state index contributed by atoms with van der Waals surface area (Å²) in [5.41, 5.74) is 7.88. The maximum atomic E-state index is 12.7. The molecule has 0 atom stereocenters. The smallest absolute Gasteiger partial charge is 0.149 e. The van der Waals surface area contributed by atoms with E-state index in [1.165, 1.54) is 12.1 Å². The summed E-state index contributed by atoms with van der Waals surface area (Å²) < 4.78 is 88.3. The van der Waals surface area contributed by atoms with Gasteiger partial charge >= 0.3 is 0 Å². The molecule has 0 unspecified atom stereocenters. The van der Waals surface area contributed by atoms with Gasteiger partial charge in [0.1, 0.15) is 11.6 Å². The summed E-state index contributed by atoms with van der Waals surface area (Å²) >= 11 is 0. The number of hydrogen-bond donors (Lipinski definition) is 1. The highest BCUT2D eigenvalue weighted by Crippen LogP contribution is 2.46. The van der Waals surface area contributed by atoms with Crippen molar-refractivity contribution < 1.29 is 18.8 Å². The van der Waals surface area contributed by atoms with Crippen LogP contribution in [0.3, 0.4) is 0 Å². The molecular weight excluding hydrogens is 815 g/mol. The van der Waals surface area contributed by atoms with Crippen LogP contribution in [0.4, 0.5) is 0 Å². The molecule has 336 valence electrons. The number of fused-ring (bicyclic) bond motifs is 1. The van der Waals surface area contributed by atoms with Crippen LogP contribution in [0, 0.1) is 0 Å². The van der Waals surface area contributed by atoms with Crippen molar-refractivity contribution >= 4 is 11.0 Å². The van der Waals surface area contributed by atoms with Crippen molar-refractivity contribution in [2.24, 2.45) is 0 Å². The monoisotopic (exact) mass is 888 g/mol. The van der Waals surface area contributed by atoms with Gasteiger partial charge in [-0.1, -0.05) is 185 Å². The maximum Gasteiger partial charge on any atom is 0.149 e. The first-order chi connectivity index (χ1) is 35.9. The first-order valence-electron chi connectivity index (χ1n) is 27.8. The zero-order valence-electron chi connectivity index (χ0n) is 49.5. The van der Waals surface area contributed by atoms with Crippen LogP contribution in [0.25, 0.3) is 83.9 Å². The highest BCUT2D eigenvalue weighted by Gasteiger charge is 2.30. The highest BCUT2D eigenvalue weighted by molar-refractivity contribution is 5.98. The number of aromatic nitrogens is 3.